The fourth-order valence-corrected chi connectivity index (χ4v) is 6.26. The second kappa shape index (κ2) is 13.5. The van der Waals surface area contributed by atoms with Gasteiger partial charge in [-0.05, 0) is 49.1 Å². The van der Waals surface area contributed by atoms with Crippen molar-refractivity contribution in [2.75, 3.05) is 17.1 Å². The van der Waals surface area contributed by atoms with Crippen molar-refractivity contribution >= 4 is 39.1 Å². The first kappa shape index (κ1) is 30.5. The Morgan fingerprint density at radius 3 is 2.32 bits per heavy atom. The molecule has 0 spiro atoms. The van der Waals surface area contributed by atoms with E-state index in [0.717, 1.165) is 41.8 Å². The third kappa shape index (κ3) is 7.86. The minimum Gasteiger partial charge on any atom is -0.352 e. The predicted molar refractivity (Wildman–Crippen MR) is 160 cm³/mol. The average Bonchev–Trinajstić information content (AvgIpc) is 3.45. The van der Waals surface area contributed by atoms with Gasteiger partial charge in [-0.15, -0.1) is 0 Å². The highest BCUT2D eigenvalue weighted by atomic mass is 35.5. The Labute approximate surface area is 246 Å². The molecule has 2 amide bonds. The van der Waals surface area contributed by atoms with Gasteiger partial charge in [-0.25, -0.2) is 12.8 Å². The maximum absolute atomic E-state index is 14.9. The van der Waals surface area contributed by atoms with Gasteiger partial charge in [0.05, 0.1) is 11.9 Å². The summed E-state index contributed by atoms with van der Waals surface area (Å²) in [6.45, 7) is 0.869. The number of nitrogens with zero attached hydrogens (tertiary/aromatic N) is 2. The standard InChI is InChI=1S/C31H35ClFN3O4S/c1-22-26(32)16-10-18-28(22)36(41(2,39)40)21-30(37)35(20-24-13-6-9-17-27(24)33)29(19-23-11-4-3-5-12-23)31(38)34-25-14-7-8-15-25/h3-6,9-13,16-18,25,29H,7-8,14-15,19-21H2,1-2H3,(H,34,38). The van der Waals surface area contributed by atoms with Crippen molar-refractivity contribution in [1.82, 2.24) is 10.2 Å². The molecule has 0 aromatic heterocycles. The van der Waals surface area contributed by atoms with Crippen LogP contribution in [-0.4, -0.2) is 50.0 Å². The van der Waals surface area contributed by atoms with E-state index in [0.29, 0.717) is 10.6 Å². The van der Waals surface area contributed by atoms with Gasteiger partial charge in [-0.3, -0.25) is 13.9 Å². The fourth-order valence-electron chi connectivity index (χ4n) is 5.19. The van der Waals surface area contributed by atoms with Crippen LogP contribution in [-0.2, 0) is 32.6 Å². The Balaban J connectivity index is 1.75. The highest BCUT2D eigenvalue weighted by Crippen LogP contribution is 2.29. The monoisotopic (exact) mass is 599 g/mol. The van der Waals surface area contributed by atoms with E-state index < -0.39 is 34.3 Å². The molecule has 0 heterocycles. The Bertz CT molecular complexity index is 1480. The number of anilines is 1. The van der Waals surface area contributed by atoms with Gasteiger partial charge in [0, 0.05) is 29.6 Å². The Kier molecular flexibility index (Phi) is 10.0. The SMILES string of the molecule is Cc1c(Cl)cccc1N(CC(=O)N(Cc1ccccc1F)C(Cc1ccccc1)C(=O)NC1CCCC1)S(C)(=O)=O. The molecule has 218 valence electrons. The molecular formula is C31H35ClFN3O4S. The predicted octanol–water partition coefficient (Wildman–Crippen LogP) is 5.25. The second-order valence-corrected chi connectivity index (χ2v) is 12.8. The Hall–Kier alpha value is -3.43. The maximum atomic E-state index is 14.9. The summed E-state index contributed by atoms with van der Waals surface area (Å²) in [5.41, 5.74) is 1.79. The molecule has 1 atom stereocenters. The van der Waals surface area contributed by atoms with Crippen molar-refractivity contribution in [3.05, 3.63) is 100 Å². The van der Waals surface area contributed by atoms with Gasteiger partial charge in [0.25, 0.3) is 0 Å². The number of rotatable bonds is 11. The van der Waals surface area contributed by atoms with Crippen LogP contribution in [0.15, 0.2) is 72.8 Å². The lowest BCUT2D eigenvalue weighted by molar-refractivity contribution is -0.140. The molecule has 0 aliphatic heterocycles. The second-order valence-electron chi connectivity index (χ2n) is 10.5. The number of halogens is 2. The van der Waals surface area contributed by atoms with Crippen molar-refractivity contribution in [3.63, 3.8) is 0 Å². The molecule has 41 heavy (non-hydrogen) atoms. The third-order valence-electron chi connectivity index (χ3n) is 7.46. The summed E-state index contributed by atoms with van der Waals surface area (Å²) in [7, 11) is -3.94. The molecule has 0 saturated heterocycles. The zero-order chi connectivity index (χ0) is 29.6. The molecule has 1 N–H and O–H groups in total. The van der Waals surface area contributed by atoms with E-state index in [9.17, 15) is 22.4 Å². The lowest BCUT2D eigenvalue weighted by atomic mass is 10.0. The number of hydrogen-bond acceptors (Lipinski definition) is 4. The van der Waals surface area contributed by atoms with Crippen LogP contribution in [0.25, 0.3) is 0 Å². The lowest BCUT2D eigenvalue weighted by Gasteiger charge is -2.34. The first-order valence-electron chi connectivity index (χ1n) is 13.6. The summed E-state index contributed by atoms with van der Waals surface area (Å²) in [5.74, 6) is -1.51. The van der Waals surface area contributed by atoms with Gasteiger partial charge in [0.1, 0.15) is 18.4 Å². The molecule has 1 saturated carbocycles. The molecule has 0 radical (unpaired) electrons. The minimum absolute atomic E-state index is 0.00665. The summed E-state index contributed by atoms with van der Waals surface area (Å²) in [6.07, 6.45) is 4.90. The van der Waals surface area contributed by atoms with Crippen molar-refractivity contribution in [3.8, 4) is 0 Å². The largest absolute Gasteiger partial charge is 0.352 e. The molecule has 1 fully saturated rings. The van der Waals surface area contributed by atoms with E-state index in [-0.39, 0.29) is 36.2 Å². The summed E-state index contributed by atoms with van der Waals surface area (Å²) < 4.78 is 41.8. The molecule has 0 bridgehead atoms. The molecule has 4 rings (SSSR count). The summed E-state index contributed by atoms with van der Waals surface area (Å²) in [6, 6.07) is 19.1. The quantitative estimate of drug-likeness (QED) is 0.326. The number of hydrogen-bond donors (Lipinski definition) is 1. The van der Waals surface area contributed by atoms with Crippen LogP contribution in [0.2, 0.25) is 5.02 Å². The van der Waals surface area contributed by atoms with Gasteiger partial charge < -0.3 is 10.2 Å². The smallest absolute Gasteiger partial charge is 0.244 e. The number of benzene rings is 3. The summed E-state index contributed by atoms with van der Waals surface area (Å²) in [5, 5.41) is 3.44. The minimum atomic E-state index is -3.94. The number of carbonyl (C=O) groups excluding carboxylic acids is 2. The van der Waals surface area contributed by atoms with Crippen LogP contribution >= 0.6 is 11.6 Å². The molecule has 1 unspecified atom stereocenters. The topological polar surface area (TPSA) is 86.8 Å². The van der Waals surface area contributed by atoms with Crippen molar-refractivity contribution in [2.24, 2.45) is 0 Å². The van der Waals surface area contributed by atoms with Crippen LogP contribution in [0, 0.1) is 12.7 Å². The molecule has 3 aromatic rings. The first-order valence-corrected chi connectivity index (χ1v) is 15.9. The molecular weight excluding hydrogens is 565 g/mol. The van der Waals surface area contributed by atoms with E-state index >= 15 is 0 Å². The van der Waals surface area contributed by atoms with E-state index in [1.54, 1.807) is 43.3 Å². The number of nitrogens with one attached hydrogen (secondary N) is 1. The zero-order valence-corrected chi connectivity index (χ0v) is 24.8. The lowest BCUT2D eigenvalue weighted by Crippen LogP contribution is -2.54. The normalized spacial score (nSPS) is 14.4. The van der Waals surface area contributed by atoms with Crippen molar-refractivity contribution in [2.45, 2.75) is 57.7 Å². The average molecular weight is 600 g/mol. The van der Waals surface area contributed by atoms with Crippen LogP contribution in [0.5, 0.6) is 0 Å². The van der Waals surface area contributed by atoms with Gasteiger partial charge in [0.15, 0.2) is 0 Å². The molecule has 10 heteroatoms. The summed E-state index contributed by atoms with van der Waals surface area (Å²) in [4.78, 5) is 29.3. The highest BCUT2D eigenvalue weighted by Gasteiger charge is 2.35. The summed E-state index contributed by atoms with van der Waals surface area (Å²) >= 11 is 6.28. The van der Waals surface area contributed by atoms with Crippen LogP contribution < -0.4 is 9.62 Å². The van der Waals surface area contributed by atoms with Gasteiger partial charge in [0.2, 0.25) is 21.8 Å². The van der Waals surface area contributed by atoms with Gasteiger partial charge >= 0.3 is 0 Å². The third-order valence-corrected chi connectivity index (χ3v) is 8.99. The fraction of sp³-hybridized carbons (Fsp3) is 0.355. The maximum Gasteiger partial charge on any atom is 0.244 e. The van der Waals surface area contributed by atoms with E-state index in [1.807, 2.05) is 30.3 Å². The van der Waals surface area contributed by atoms with Gasteiger partial charge in [-0.2, -0.15) is 0 Å². The van der Waals surface area contributed by atoms with Crippen LogP contribution in [0.4, 0.5) is 10.1 Å². The van der Waals surface area contributed by atoms with E-state index in [4.69, 9.17) is 11.6 Å². The van der Waals surface area contributed by atoms with E-state index in [2.05, 4.69) is 5.32 Å². The highest BCUT2D eigenvalue weighted by molar-refractivity contribution is 7.92. The Morgan fingerprint density at radius 2 is 1.66 bits per heavy atom. The van der Waals surface area contributed by atoms with E-state index in [1.165, 1.54) is 11.0 Å². The van der Waals surface area contributed by atoms with Crippen molar-refractivity contribution in [1.29, 1.82) is 0 Å². The first-order chi connectivity index (χ1) is 19.5. The number of amides is 2. The van der Waals surface area contributed by atoms with Crippen LogP contribution in [0.1, 0.15) is 42.4 Å². The van der Waals surface area contributed by atoms with Crippen molar-refractivity contribution < 1.29 is 22.4 Å². The van der Waals surface area contributed by atoms with Crippen LogP contribution in [0.3, 0.4) is 0 Å². The molecule has 7 nitrogen and oxygen atoms in total. The zero-order valence-electron chi connectivity index (χ0n) is 23.2. The number of sulfonamides is 1. The Morgan fingerprint density at radius 1 is 1.00 bits per heavy atom. The van der Waals surface area contributed by atoms with Gasteiger partial charge in [-0.1, -0.05) is 79.0 Å². The number of carbonyl (C=O) groups is 2. The molecule has 1 aliphatic rings. The molecule has 1 aliphatic carbocycles. The molecule has 3 aromatic carbocycles.